The lowest BCUT2D eigenvalue weighted by Crippen LogP contribution is -2.31. The number of hydrogen-bond acceptors (Lipinski definition) is 6. The molecule has 7 nitrogen and oxygen atoms in total. The largest absolute Gasteiger partial charge is 0.392 e. The molecule has 1 aliphatic heterocycles. The predicted molar refractivity (Wildman–Crippen MR) is 189 cm³/mol. The van der Waals surface area contributed by atoms with Crippen LogP contribution in [0.15, 0.2) is 132 Å². The van der Waals surface area contributed by atoms with Crippen LogP contribution in [0.4, 0.5) is 5.69 Å². The normalized spacial score (nSPS) is 17.4. The van der Waals surface area contributed by atoms with E-state index in [2.05, 4.69) is 34.9 Å². The summed E-state index contributed by atoms with van der Waals surface area (Å²) in [4.78, 5) is 25.1. The molecule has 0 aliphatic carbocycles. The Hall–Kier alpha value is -4.73. The van der Waals surface area contributed by atoms with Crippen LogP contribution in [0, 0.1) is 0 Å². The second kappa shape index (κ2) is 15.9. The molecule has 0 radical (unpaired) electrons. The van der Waals surface area contributed by atoms with Crippen molar-refractivity contribution in [3.8, 4) is 11.1 Å². The lowest BCUT2D eigenvalue weighted by atomic mass is 9.99. The fourth-order valence-electron chi connectivity index (χ4n) is 5.65. The minimum Gasteiger partial charge on any atom is -0.392 e. The smallest absolute Gasteiger partial charge is 0.251 e. The van der Waals surface area contributed by atoms with Gasteiger partial charge in [-0.1, -0.05) is 78.9 Å². The molecule has 8 heteroatoms. The van der Waals surface area contributed by atoms with Gasteiger partial charge in [0, 0.05) is 47.4 Å². The highest BCUT2D eigenvalue weighted by Gasteiger charge is 2.32. The SMILES string of the molecule is CC(=O)Nc1ccc(SC[C@H]2C[C@@H](c3ccc(CO)cc3)O[C@@H](c3cccc(-c4cccc(CNC(=O)c5ccccc5)c4)c3)O2)cc1. The maximum Gasteiger partial charge on any atom is 0.251 e. The third kappa shape index (κ3) is 8.79. The minimum absolute atomic E-state index is 0.00901. The van der Waals surface area contributed by atoms with Crippen LogP contribution in [0.1, 0.15) is 58.4 Å². The number of carbonyl (C=O) groups is 2. The van der Waals surface area contributed by atoms with Crippen molar-refractivity contribution in [2.24, 2.45) is 0 Å². The van der Waals surface area contributed by atoms with Gasteiger partial charge in [0.2, 0.25) is 5.91 Å². The summed E-state index contributed by atoms with van der Waals surface area (Å²) in [6.07, 6.45) is -0.180. The van der Waals surface area contributed by atoms with E-state index in [1.54, 1.807) is 23.9 Å². The number of amides is 2. The summed E-state index contributed by atoms with van der Waals surface area (Å²) in [6, 6.07) is 41.3. The molecule has 3 N–H and O–H groups in total. The van der Waals surface area contributed by atoms with Crippen LogP contribution in [0.3, 0.4) is 0 Å². The molecule has 1 heterocycles. The number of nitrogens with one attached hydrogen (secondary N) is 2. The molecule has 1 aliphatic rings. The number of aliphatic hydroxyl groups is 1. The minimum atomic E-state index is -0.581. The molecule has 0 spiro atoms. The molecule has 0 bridgehead atoms. The van der Waals surface area contributed by atoms with Crippen LogP contribution in [-0.2, 0) is 27.4 Å². The Bertz CT molecular complexity index is 1830. The molecule has 1 saturated heterocycles. The highest BCUT2D eigenvalue weighted by Crippen LogP contribution is 2.40. The first kappa shape index (κ1) is 33.2. The van der Waals surface area contributed by atoms with E-state index in [0.717, 1.165) is 49.7 Å². The average molecular weight is 659 g/mol. The van der Waals surface area contributed by atoms with Crippen molar-refractivity contribution in [3.05, 3.63) is 155 Å². The number of hydrogen-bond donors (Lipinski definition) is 3. The standard InChI is InChI=1S/C40H38N2O5S/c1-27(44)42-35-17-19-37(20-18-35)48-26-36-23-38(30-15-13-28(25-43)14-16-30)47-40(46-36)34-12-6-11-33(22-34)32-10-5-7-29(21-32)24-41-39(45)31-8-3-2-4-9-31/h2-22,36,38,40,43H,23-26H2,1H3,(H,41,45)(H,42,44)/t36-,38+,40+/m1/s1. The molecule has 1 fully saturated rings. The Morgan fingerprint density at radius 1 is 0.771 bits per heavy atom. The molecule has 48 heavy (non-hydrogen) atoms. The van der Waals surface area contributed by atoms with E-state index in [1.807, 2.05) is 91.0 Å². The zero-order chi connectivity index (χ0) is 33.3. The van der Waals surface area contributed by atoms with Crippen LogP contribution in [-0.4, -0.2) is 28.8 Å². The van der Waals surface area contributed by atoms with Gasteiger partial charge in [-0.3, -0.25) is 9.59 Å². The van der Waals surface area contributed by atoms with E-state index in [1.165, 1.54) is 6.92 Å². The van der Waals surface area contributed by atoms with Gasteiger partial charge >= 0.3 is 0 Å². The van der Waals surface area contributed by atoms with Crippen molar-refractivity contribution in [1.82, 2.24) is 5.32 Å². The summed E-state index contributed by atoms with van der Waals surface area (Å²) in [5.74, 6) is 0.519. The van der Waals surface area contributed by atoms with Crippen LogP contribution < -0.4 is 10.6 Å². The zero-order valence-electron chi connectivity index (χ0n) is 26.7. The second-order valence-electron chi connectivity index (χ2n) is 11.7. The summed E-state index contributed by atoms with van der Waals surface area (Å²) in [6.45, 7) is 1.91. The van der Waals surface area contributed by atoms with Gasteiger partial charge in [0.1, 0.15) is 0 Å². The highest BCUT2D eigenvalue weighted by molar-refractivity contribution is 7.99. The Morgan fingerprint density at radius 2 is 1.50 bits per heavy atom. The summed E-state index contributed by atoms with van der Waals surface area (Å²) in [5.41, 5.74) is 7.27. The Kier molecular flexibility index (Phi) is 11.0. The van der Waals surface area contributed by atoms with Crippen LogP contribution >= 0.6 is 11.8 Å². The maximum absolute atomic E-state index is 12.6. The molecule has 3 atom stereocenters. The third-order valence-electron chi connectivity index (χ3n) is 8.13. The first-order chi connectivity index (χ1) is 23.4. The first-order valence-electron chi connectivity index (χ1n) is 16.0. The Morgan fingerprint density at radius 3 is 2.23 bits per heavy atom. The molecule has 5 aromatic carbocycles. The van der Waals surface area contributed by atoms with Crippen molar-refractivity contribution < 1.29 is 24.2 Å². The van der Waals surface area contributed by atoms with Crippen molar-refractivity contribution >= 4 is 29.3 Å². The zero-order valence-corrected chi connectivity index (χ0v) is 27.5. The van der Waals surface area contributed by atoms with Crippen LogP contribution in [0.2, 0.25) is 0 Å². The van der Waals surface area contributed by atoms with Crippen molar-refractivity contribution in [3.63, 3.8) is 0 Å². The molecule has 0 unspecified atom stereocenters. The number of aliphatic hydroxyl groups excluding tert-OH is 1. The van der Waals surface area contributed by atoms with E-state index < -0.39 is 6.29 Å². The van der Waals surface area contributed by atoms with Crippen molar-refractivity contribution in [1.29, 1.82) is 0 Å². The molecule has 0 aromatic heterocycles. The van der Waals surface area contributed by atoms with Crippen LogP contribution in [0.25, 0.3) is 11.1 Å². The summed E-state index contributed by atoms with van der Waals surface area (Å²) >= 11 is 1.71. The van der Waals surface area contributed by atoms with E-state index in [0.29, 0.717) is 18.5 Å². The van der Waals surface area contributed by atoms with Gasteiger partial charge in [0.05, 0.1) is 18.8 Å². The molecule has 6 rings (SSSR count). The lowest BCUT2D eigenvalue weighted by Gasteiger charge is -2.36. The number of ether oxygens (including phenoxy) is 2. The monoisotopic (exact) mass is 658 g/mol. The van der Waals surface area contributed by atoms with Gasteiger partial charge in [-0.15, -0.1) is 11.8 Å². The maximum atomic E-state index is 12.6. The first-order valence-corrected chi connectivity index (χ1v) is 17.0. The van der Waals surface area contributed by atoms with Gasteiger partial charge in [0.25, 0.3) is 5.91 Å². The fourth-order valence-corrected chi connectivity index (χ4v) is 6.57. The van der Waals surface area contributed by atoms with E-state index in [9.17, 15) is 14.7 Å². The number of thioether (sulfide) groups is 1. The highest BCUT2D eigenvalue weighted by atomic mass is 32.2. The van der Waals surface area contributed by atoms with Crippen LogP contribution in [0.5, 0.6) is 0 Å². The van der Waals surface area contributed by atoms with Gasteiger partial charge in [0.15, 0.2) is 6.29 Å². The molecule has 5 aromatic rings. The van der Waals surface area contributed by atoms with E-state index in [-0.39, 0.29) is 30.6 Å². The summed E-state index contributed by atoms with van der Waals surface area (Å²) in [7, 11) is 0. The van der Waals surface area contributed by atoms with Crippen molar-refractivity contribution in [2.75, 3.05) is 11.1 Å². The molecular weight excluding hydrogens is 621 g/mol. The van der Waals surface area contributed by atoms with Crippen molar-refractivity contribution in [2.45, 2.75) is 49.9 Å². The van der Waals surface area contributed by atoms with Gasteiger partial charge in [-0.25, -0.2) is 0 Å². The Balaban J connectivity index is 1.18. The molecule has 2 amide bonds. The topological polar surface area (TPSA) is 96.9 Å². The van der Waals surface area contributed by atoms with Gasteiger partial charge < -0.3 is 25.2 Å². The van der Waals surface area contributed by atoms with Gasteiger partial charge in [-0.2, -0.15) is 0 Å². The molecular formula is C40H38N2O5S. The number of benzene rings is 5. The predicted octanol–water partition coefficient (Wildman–Crippen LogP) is 8.07. The van der Waals surface area contributed by atoms with E-state index >= 15 is 0 Å². The molecule has 244 valence electrons. The number of rotatable bonds is 11. The summed E-state index contributed by atoms with van der Waals surface area (Å²) < 4.78 is 13.2. The lowest BCUT2D eigenvalue weighted by molar-refractivity contribution is -0.245. The average Bonchev–Trinajstić information content (AvgIpc) is 3.14. The molecule has 0 saturated carbocycles. The fraction of sp³-hybridized carbons (Fsp3) is 0.200. The number of carbonyl (C=O) groups excluding carboxylic acids is 2. The quantitative estimate of drug-likeness (QED) is 0.124. The second-order valence-corrected chi connectivity index (χ2v) is 12.8. The number of anilines is 1. The van der Waals surface area contributed by atoms with E-state index in [4.69, 9.17) is 9.47 Å². The Labute approximate surface area is 285 Å². The summed E-state index contributed by atoms with van der Waals surface area (Å²) in [5, 5.41) is 15.4. The van der Waals surface area contributed by atoms with Gasteiger partial charge in [-0.05, 0) is 76.3 Å². The third-order valence-corrected chi connectivity index (χ3v) is 9.28.